The first kappa shape index (κ1) is 48.5. The minimum atomic E-state index is 0.0330. The van der Waals surface area contributed by atoms with Gasteiger partial charge >= 0.3 is 0 Å². The maximum absolute atomic E-state index is 5.51. The molecule has 7 nitrogen and oxygen atoms in total. The smallest absolute Gasteiger partial charge is 0.119 e. The summed E-state index contributed by atoms with van der Waals surface area (Å²) in [5.41, 5.74) is 15.0. The fourth-order valence-electron chi connectivity index (χ4n) is 10.2. The Morgan fingerprint density at radius 2 is 0.513 bits per heavy atom. The van der Waals surface area contributed by atoms with Crippen LogP contribution in [0.2, 0.25) is 0 Å². The van der Waals surface area contributed by atoms with Gasteiger partial charge in [0.25, 0.3) is 0 Å². The zero-order valence-electron chi connectivity index (χ0n) is 42.9. The van der Waals surface area contributed by atoms with Crippen molar-refractivity contribution in [3.63, 3.8) is 0 Å². The number of benzene rings is 10. The van der Waals surface area contributed by atoms with E-state index >= 15 is 0 Å². The van der Waals surface area contributed by atoms with Gasteiger partial charge in [-0.05, 0) is 188 Å². The monoisotopic (exact) mass is 989 g/mol. The van der Waals surface area contributed by atoms with Crippen LogP contribution < -0.4 is 34.0 Å². The Kier molecular flexibility index (Phi) is 14.4. The fourth-order valence-corrected chi connectivity index (χ4v) is 10.2. The van der Waals surface area contributed by atoms with Crippen LogP contribution in [-0.4, -0.2) is 20.3 Å². The average molecular weight is 990 g/mol. The molecule has 0 bridgehead atoms. The van der Waals surface area contributed by atoms with Crippen LogP contribution in [-0.2, 0) is 0 Å². The number of nitrogens with zero attached hydrogens (tertiary/aromatic N) is 5. The fraction of sp³-hybridized carbons (Fsp3) is 0.0725. The summed E-state index contributed by atoms with van der Waals surface area (Å²) < 4.78 is 11.0. The Hall–Kier alpha value is -9.72. The Morgan fingerprint density at radius 3 is 0.816 bits per heavy atom. The maximum Gasteiger partial charge on any atom is 0.119 e. The summed E-state index contributed by atoms with van der Waals surface area (Å²) in [6.45, 7) is 2.32. The van der Waals surface area contributed by atoms with Gasteiger partial charge in [0.2, 0.25) is 0 Å². The molecule has 76 heavy (non-hydrogen) atoms. The third kappa shape index (κ3) is 10.4. The molecule has 2 atom stereocenters. The van der Waals surface area contributed by atoms with E-state index in [1.165, 1.54) is 0 Å². The van der Waals surface area contributed by atoms with E-state index in [1.54, 1.807) is 14.2 Å². The van der Waals surface area contributed by atoms with Crippen LogP contribution in [0.3, 0.4) is 0 Å². The minimum Gasteiger partial charge on any atom is -0.497 e. The van der Waals surface area contributed by atoms with Crippen molar-refractivity contribution in [3.05, 3.63) is 297 Å². The van der Waals surface area contributed by atoms with E-state index in [-0.39, 0.29) is 12.0 Å². The Balaban J connectivity index is 0.899. The Labute approximate surface area is 447 Å². The minimum absolute atomic E-state index is 0.0330. The molecule has 372 valence electrons. The van der Waals surface area contributed by atoms with Gasteiger partial charge in [0.15, 0.2) is 0 Å². The molecule has 1 aliphatic carbocycles. The summed E-state index contributed by atoms with van der Waals surface area (Å²) in [7, 11) is 3.40. The van der Waals surface area contributed by atoms with Crippen molar-refractivity contribution in [1.82, 2.24) is 0 Å². The van der Waals surface area contributed by atoms with Crippen LogP contribution in [0, 0.1) is 5.92 Å². The normalized spacial score (nSPS) is 13.8. The van der Waals surface area contributed by atoms with E-state index in [0.29, 0.717) is 0 Å². The molecular weight excluding hydrogens is 931 g/mol. The zero-order chi connectivity index (χ0) is 51.6. The number of para-hydroxylation sites is 5. The standard InChI is InChI=1S/C69H59N5O2/c1-52-51-66(45-50-69(52)74(57-27-17-8-18-28-57)65-39-37-61(38-40-65)72(55-23-13-6-14-24-55)64-43-48-68(76-3)49-44-64)73(56-25-15-7-16-26-56)62-35-33-59(34-36-62)70(53-19-9-4-10-20-53)58-29-31-60(32-30-58)71(54-21-11-5-12-22-54)63-41-46-67(75-2)47-42-63/h4-52,69H,1-3H3. The van der Waals surface area contributed by atoms with Crippen LogP contribution in [0.5, 0.6) is 11.5 Å². The van der Waals surface area contributed by atoms with Gasteiger partial charge in [-0.1, -0.05) is 110 Å². The van der Waals surface area contributed by atoms with Crippen molar-refractivity contribution in [2.24, 2.45) is 5.92 Å². The second-order valence-electron chi connectivity index (χ2n) is 18.6. The third-order valence-corrected chi connectivity index (χ3v) is 13.9. The molecule has 2 unspecified atom stereocenters. The number of allylic oxidation sites excluding steroid dienone is 1. The lowest BCUT2D eigenvalue weighted by molar-refractivity contribution is 0.414. The predicted molar refractivity (Wildman–Crippen MR) is 317 cm³/mol. The first-order valence-electron chi connectivity index (χ1n) is 25.8. The highest BCUT2D eigenvalue weighted by molar-refractivity contribution is 5.83. The number of ether oxygens (including phenoxy) is 2. The highest BCUT2D eigenvalue weighted by atomic mass is 16.5. The molecule has 0 N–H and O–H groups in total. The molecule has 10 aromatic rings. The van der Waals surface area contributed by atoms with E-state index in [2.05, 4.69) is 292 Å². The lowest BCUT2D eigenvalue weighted by Crippen LogP contribution is -2.36. The second-order valence-corrected chi connectivity index (χ2v) is 18.6. The first-order chi connectivity index (χ1) is 37.5. The predicted octanol–water partition coefficient (Wildman–Crippen LogP) is 18.5. The number of hydrogen-bond acceptors (Lipinski definition) is 7. The van der Waals surface area contributed by atoms with Gasteiger partial charge in [0, 0.05) is 85.6 Å². The maximum atomic E-state index is 5.51. The number of rotatable bonds is 17. The van der Waals surface area contributed by atoms with Crippen LogP contribution in [0.25, 0.3) is 0 Å². The number of anilines is 13. The quantitative estimate of drug-likeness (QED) is 0.0899. The van der Waals surface area contributed by atoms with E-state index in [1.807, 2.05) is 30.3 Å². The van der Waals surface area contributed by atoms with Gasteiger partial charge in [-0.25, -0.2) is 0 Å². The van der Waals surface area contributed by atoms with Crippen molar-refractivity contribution in [1.29, 1.82) is 0 Å². The van der Waals surface area contributed by atoms with E-state index in [0.717, 1.165) is 91.1 Å². The second kappa shape index (κ2) is 22.6. The number of hydrogen-bond donors (Lipinski definition) is 0. The molecule has 0 fully saturated rings. The van der Waals surface area contributed by atoms with Gasteiger partial charge < -0.3 is 34.0 Å². The molecule has 0 spiro atoms. The van der Waals surface area contributed by atoms with Crippen molar-refractivity contribution >= 4 is 73.9 Å². The molecule has 0 radical (unpaired) electrons. The van der Waals surface area contributed by atoms with Crippen LogP contribution >= 0.6 is 0 Å². The summed E-state index contributed by atoms with van der Waals surface area (Å²) in [5, 5.41) is 0. The summed E-state index contributed by atoms with van der Waals surface area (Å²) >= 11 is 0. The number of methoxy groups -OCH3 is 2. The van der Waals surface area contributed by atoms with E-state index in [9.17, 15) is 0 Å². The lowest BCUT2D eigenvalue weighted by Gasteiger charge is -2.38. The molecule has 0 saturated heterocycles. The van der Waals surface area contributed by atoms with Gasteiger partial charge in [0.1, 0.15) is 11.5 Å². The van der Waals surface area contributed by atoms with Crippen molar-refractivity contribution in [2.75, 3.05) is 38.7 Å². The molecule has 10 aromatic carbocycles. The highest BCUT2D eigenvalue weighted by Crippen LogP contribution is 2.43. The SMILES string of the molecule is COc1ccc(N(c2ccccc2)c2ccc(N(c3ccccc3)c3ccc(N(C4=CC(C)C(N(c5ccccc5)c5ccc(N(c6ccccc6)c6ccc(OC)cc6)cc5)C=C4)c4ccccc4)cc3)cc2)cc1. The summed E-state index contributed by atoms with van der Waals surface area (Å²) in [4.78, 5) is 11.7. The Bertz CT molecular complexity index is 3490. The molecule has 0 heterocycles. The summed E-state index contributed by atoms with van der Waals surface area (Å²) in [5.74, 6) is 1.77. The van der Waals surface area contributed by atoms with Crippen LogP contribution in [0.1, 0.15) is 6.92 Å². The Morgan fingerprint density at radius 1 is 0.276 bits per heavy atom. The molecule has 1 aliphatic rings. The molecule has 11 rings (SSSR count). The van der Waals surface area contributed by atoms with Crippen molar-refractivity contribution in [2.45, 2.75) is 13.0 Å². The molecular formula is C69H59N5O2. The highest BCUT2D eigenvalue weighted by Gasteiger charge is 2.28. The van der Waals surface area contributed by atoms with E-state index < -0.39 is 0 Å². The largest absolute Gasteiger partial charge is 0.497 e. The molecule has 0 aliphatic heterocycles. The van der Waals surface area contributed by atoms with E-state index in [4.69, 9.17) is 9.47 Å². The molecule has 0 aromatic heterocycles. The van der Waals surface area contributed by atoms with Gasteiger partial charge in [-0.3, -0.25) is 0 Å². The third-order valence-electron chi connectivity index (χ3n) is 13.9. The van der Waals surface area contributed by atoms with Gasteiger partial charge in [-0.2, -0.15) is 0 Å². The summed E-state index contributed by atoms with van der Waals surface area (Å²) in [6.07, 6.45) is 7.08. The molecule has 0 saturated carbocycles. The van der Waals surface area contributed by atoms with Crippen LogP contribution in [0.4, 0.5) is 73.9 Å². The zero-order valence-corrected chi connectivity index (χ0v) is 42.9. The topological polar surface area (TPSA) is 34.7 Å². The first-order valence-corrected chi connectivity index (χ1v) is 25.8. The average Bonchev–Trinajstić information content (AvgIpc) is 3.50. The van der Waals surface area contributed by atoms with Gasteiger partial charge in [0.05, 0.1) is 20.3 Å². The van der Waals surface area contributed by atoms with Crippen molar-refractivity contribution < 1.29 is 9.47 Å². The lowest BCUT2D eigenvalue weighted by atomic mass is 9.92. The summed E-state index contributed by atoms with van der Waals surface area (Å²) in [6, 6.07) is 96.1. The molecule has 0 amide bonds. The van der Waals surface area contributed by atoms with Gasteiger partial charge in [-0.15, -0.1) is 0 Å². The molecule has 7 heteroatoms. The van der Waals surface area contributed by atoms with Crippen molar-refractivity contribution in [3.8, 4) is 11.5 Å². The van der Waals surface area contributed by atoms with Crippen LogP contribution in [0.15, 0.2) is 297 Å².